The van der Waals surface area contributed by atoms with Gasteiger partial charge in [-0.25, -0.2) is 9.97 Å². The minimum absolute atomic E-state index is 0.185. The van der Waals surface area contributed by atoms with Gasteiger partial charge in [-0.1, -0.05) is 23.7 Å². The van der Waals surface area contributed by atoms with Gasteiger partial charge in [0.25, 0.3) is 0 Å². The van der Waals surface area contributed by atoms with Crippen molar-refractivity contribution in [2.24, 2.45) is 0 Å². The van der Waals surface area contributed by atoms with Crippen molar-refractivity contribution in [2.75, 3.05) is 13.1 Å². The highest BCUT2D eigenvalue weighted by atomic mass is 35.5. The first-order chi connectivity index (χ1) is 10.1. The lowest BCUT2D eigenvalue weighted by molar-refractivity contribution is -0.145. The summed E-state index contributed by atoms with van der Waals surface area (Å²) in [5.74, 6) is 0.812. The third-order valence-electron chi connectivity index (χ3n) is 4.24. The number of benzene rings is 1. The van der Waals surface area contributed by atoms with Gasteiger partial charge in [0.05, 0.1) is 12.3 Å². The predicted octanol–water partition coefficient (Wildman–Crippen LogP) is 2.68. The first kappa shape index (κ1) is 13.2. The molecule has 0 unspecified atom stereocenters. The molecule has 0 aliphatic carbocycles. The van der Waals surface area contributed by atoms with Gasteiger partial charge in [-0.15, -0.1) is 0 Å². The second-order valence-corrected chi connectivity index (χ2v) is 6.27. The summed E-state index contributed by atoms with van der Waals surface area (Å²) >= 11 is 5.92. The molecule has 1 aromatic carbocycles. The van der Waals surface area contributed by atoms with E-state index in [0.29, 0.717) is 6.61 Å². The number of ether oxygens (including phenoxy) is 1. The van der Waals surface area contributed by atoms with E-state index < -0.39 is 0 Å². The van der Waals surface area contributed by atoms with Crippen molar-refractivity contribution in [2.45, 2.75) is 25.7 Å². The topological polar surface area (TPSA) is 38.3 Å². The number of fused-ring (bicyclic) bond motifs is 2. The average Bonchev–Trinajstić information content (AvgIpc) is 2.80. The normalized spacial score (nSPS) is 19.5. The monoisotopic (exact) mass is 301 g/mol. The first-order valence-electron chi connectivity index (χ1n) is 7.08. The lowest BCUT2D eigenvalue weighted by atomic mass is 9.87. The van der Waals surface area contributed by atoms with E-state index in [4.69, 9.17) is 16.3 Å². The number of hydrogen-bond acceptors (Lipinski definition) is 4. The Bertz CT molecular complexity index is 680. The van der Waals surface area contributed by atoms with Crippen molar-refractivity contribution < 1.29 is 4.74 Å². The van der Waals surface area contributed by atoms with Gasteiger partial charge in [0.1, 0.15) is 11.4 Å². The molecule has 3 heterocycles. The van der Waals surface area contributed by atoms with Gasteiger partial charge in [0, 0.05) is 36.4 Å². The summed E-state index contributed by atoms with van der Waals surface area (Å²) in [7, 11) is 0. The zero-order valence-corrected chi connectivity index (χ0v) is 12.6. The van der Waals surface area contributed by atoms with Crippen LogP contribution in [-0.2, 0) is 23.5 Å². The van der Waals surface area contributed by atoms with Gasteiger partial charge >= 0.3 is 0 Å². The maximum absolute atomic E-state index is 6.02. The molecular formula is C16H16ClN3O. The lowest BCUT2D eigenvalue weighted by Crippen LogP contribution is -2.58. The molecule has 1 fully saturated rings. The van der Waals surface area contributed by atoms with Crippen molar-refractivity contribution in [3.8, 4) is 0 Å². The Morgan fingerprint density at radius 3 is 2.81 bits per heavy atom. The molecular weight excluding hydrogens is 286 g/mol. The van der Waals surface area contributed by atoms with E-state index >= 15 is 0 Å². The molecule has 1 aromatic heterocycles. The van der Waals surface area contributed by atoms with E-state index in [1.165, 1.54) is 11.1 Å². The van der Waals surface area contributed by atoms with Crippen molar-refractivity contribution >= 4 is 11.6 Å². The quantitative estimate of drug-likeness (QED) is 0.855. The molecule has 108 valence electrons. The summed E-state index contributed by atoms with van der Waals surface area (Å²) in [5, 5.41) is 0.777. The van der Waals surface area contributed by atoms with Crippen LogP contribution >= 0.6 is 11.6 Å². The van der Waals surface area contributed by atoms with E-state index in [1.54, 1.807) is 0 Å². The van der Waals surface area contributed by atoms with Crippen LogP contribution in [0.3, 0.4) is 0 Å². The van der Waals surface area contributed by atoms with Crippen LogP contribution in [0.4, 0.5) is 0 Å². The van der Waals surface area contributed by atoms with Gasteiger partial charge in [-0.2, -0.15) is 0 Å². The molecule has 2 aliphatic heterocycles. The Kier molecular flexibility index (Phi) is 2.99. The van der Waals surface area contributed by atoms with Crippen LogP contribution in [0.1, 0.15) is 22.6 Å². The maximum atomic E-state index is 6.02. The SMILES string of the molecule is Cc1ncc2c(n1)COC21CN(Cc2ccc(Cl)cc2)C1. The molecule has 0 atom stereocenters. The van der Waals surface area contributed by atoms with Gasteiger partial charge in [-0.3, -0.25) is 4.90 Å². The Morgan fingerprint density at radius 2 is 2.05 bits per heavy atom. The fourth-order valence-electron chi connectivity index (χ4n) is 3.19. The molecule has 0 bridgehead atoms. The highest BCUT2D eigenvalue weighted by molar-refractivity contribution is 6.30. The third-order valence-corrected chi connectivity index (χ3v) is 4.49. The summed E-state index contributed by atoms with van der Waals surface area (Å²) in [6.07, 6.45) is 1.93. The van der Waals surface area contributed by atoms with Crippen molar-refractivity contribution in [3.05, 3.63) is 58.1 Å². The van der Waals surface area contributed by atoms with Gasteiger partial charge in [-0.05, 0) is 24.6 Å². The van der Waals surface area contributed by atoms with Gasteiger partial charge in [0.2, 0.25) is 0 Å². The lowest BCUT2D eigenvalue weighted by Gasteiger charge is -2.47. The zero-order valence-electron chi connectivity index (χ0n) is 11.8. The fraction of sp³-hybridized carbons (Fsp3) is 0.375. The number of rotatable bonds is 2. The molecule has 2 aromatic rings. The van der Waals surface area contributed by atoms with Crippen LogP contribution in [-0.4, -0.2) is 28.0 Å². The molecule has 1 saturated heterocycles. The van der Waals surface area contributed by atoms with Crippen LogP contribution in [0.25, 0.3) is 0 Å². The zero-order chi connectivity index (χ0) is 14.4. The summed E-state index contributed by atoms with van der Waals surface area (Å²) < 4.78 is 6.02. The van der Waals surface area contributed by atoms with Crippen molar-refractivity contribution in [3.63, 3.8) is 0 Å². The molecule has 4 nitrogen and oxygen atoms in total. The number of hydrogen-bond donors (Lipinski definition) is 0. The number of aryl methyl sites for hydroxylation is 1. The van der Waals surface area contributed by atoms with Crippen molar-refractivity contribution in [1.29, 1.82) is 0 Å². The Balaban J connectivity index is 1.47. The minimum Gasteiger partial charge on any atom is -0.361 e. The standard InChI is InChI=1S/C16H16ClN3O/c1-11-18-6-14-15(19-11)8-21-16(14)9-20(10-16)7-12-2-4-13(17)5-3-12/h2-6H,7-10H2,1H3. The van der Waals surface area contributed by atoms with E-state index in [9.17, 15) is 0 Å². The smallest absolute Gasteiger partial charge is 0.125 e. The second kappa shape index (κ2) is 4.77. The predicted molar refractivity (Wildman–Crippen MR) is 80.0 cm³/mol. The van der Waals surface area contributed by atoms with Crippen LogP contribution < -0.4 is 0 Å². The molecule has 1 spiro atoms. The van der Waals surface area contributed by atoms with Gasteiger partial charge in [0.15, 0.2) is 0 Å². The second-order valence-electron chi connectivity index (χ2n) is 5.83. The van der Waals surface area contributed by atoms with Crippen LogP contribution in [0, 0.1) is 6.92 Å². The molecule has 0 N–H and O–H groups in total. The van der Waals surface area contributed by atoms with Crippen LogP contribution in [0.15, 0.2) is 30.5 Å². The molecule has 0 saturated carbocycles. The van der Waals surface area contributed by atoms with E-state index in [-0.39, 0.29) is 5.60 Å². The fourth-order valence-corrected chi connectivity index (χ4v) is 3.32. The van der Waals surface area contributed by atoms with Crippen LogP contribution in [0.5, 0.6) is 0 Å². The van der Waals surface area contributed by atoms with E-state index in [1.807, 2.05) is 25.3 Å². The number of halogens is 1. The molecule has 5 heteroatoms. The highest BCUT2D eigenvalue weighted by Gasteiger charge is 2.50. The maximum Gasteiger partial charge on any atom is 0.125 e. The Labute approximate surface area is 128 Å². The molecule has 4 rings (SSSR count). The molecule has 2 aliphatic rings. The summed E-state index contributed by atoms with van der Waals surface area (Å²) in [6.45, 7) is 5.24. The molecule has 21 heavy (non-hydrogen) atoms. The Hall–Kier alpha value is -1.49. The van der Waals surface area contributed by atoms with E-state index in [2.05, 4.69) is 27.0 Å². The van der Waals surface area contributed by atoms with Crippen LogP contribution in [0.2, 0.25) is 5.02 Å². The summed E-state index contributed by atoms with van der Waals surface area (Å²) in [5.41, 5.74) is 3.30. The van der Waals surface area contributed by atoms with E-state index in [0.717, 1.165) is 36.2 Å². The molecule has 0 radical (unpaired) electrons. The number of likely N-dealkylation sites (tertiary alicyclic amines) is 1. The summed E-state index contributed by atoms with van der Waals surface area (Å²) in [4.78, 5) is 11.2. The largest absolute Gasteiger partial charge is 0.361 e. The highest BCUT2D eigenvalue weighted by Crippen LogP contribution is 2.42. The third kappa shape index (κ3) is 2.24. The van der Waals surface area contributed by atoms with Gasteiger partial charge < -0.3 is 4.74 Å². The number of aromatic nitrogens is 2. The molecule has 0 amide bonds. The summed E-state index contributed by atoms with van der Waals surface area (Å²) in [6, 6.07) is 8.02. The Morgan fingerprint density at radius 1 is 1.29 bits per heavy atom. The minimum atomic E-state index is -0.185. The average molecular weight is 302 g/mol. The number of nitrogens with zero attached hydrogens (tertiary/aromatic N) is 3. The van der Waals surface area contributed by atoms with Crippen molar-refractivity contribution in [1.82, 2.24) is 14.9 Å². The first-order valence-corrected chi connectivity index (χ1v) is 7.46.